The summed E-state index contributed by atoms with van der Waals surface area (Å²) in [5.41, 5.74) is 1.37. The molecular formula is C15H24BrNO. The minimum Gasteiger partial charge on any atom is -0.379 e. The topological polar surface area (TPSA) is 21.3 Å². The number of nitrogens with one attached hydrogen (secondary N) is 1. The SMILES string of the molecule is CCNCC(CCOC(C)C)c1cccc(Br)c1. The summed E-state index contributed by atoms with van der Waals surface area (Å²) in [5, 5.41) is 3.43. The molecule has 0 bridgehead atoms. The Morgan fingerprint density at radius 1 is 1.33 bits per heavy atom. The van der Waals surface area contributed by atoms with Gasteiger partial charge >= 0.3 is 0 Å². The number of hydrogen-bond acceptors (Lipinski definition) is 2. The minimum atomic E-state index is 0.312. The average Bonchev–Trinajstić information content (AvgIpc) is 2.33. The van der Waals surface area contributed by atoms with Crippen molar-refractivity contribution in [1.82, 2.24) is 5.32 Å². The van der Waals surface area contributed by atoms with Crippen LogP contribution in [0.5, 0.6) is 0 Å². The lowest BCUT2D eigenvalue weighted by atomic mass is 9.96. The maximum Gasteiger partial charge on any atom is 0.0518 e. The summed E-state index contributed by atoms with van der Waals surface area (Å²) >= 11 is 3.54. The summed E-state index contributed by atoms with van der Waals surface area (Å²) in [4.78, 5) is 0. The first kappa shape index (κ1) is 15.7. The molecule has 1 aromatic carbocycles. The van der Waals surface area contributed by atoms with E-state index in [2.05, 4.69) is 66.3 Å². The Morgan fingerprint density at radius 3 is 2.72 bits per heavy atom. The van der Waals surface area contributed by atoms with E-state index in [1.165, 1.54) is 5.56 Å². The van der Waals surface area contributed by atoms with Gasteiger partial charge in [0.15, 0.2) is 0 Å². The average molecular weight is 314 g/mol. The summed E-state index contributed by atoms with van der Waals surface area (Å²) in [6.45, 7) is 9.14. The number of halogens is 1. The molecule has 0 aliphatic rings. The van der Waals surface area contributed by atoms with Crippen molar-refractivity contribution in [2.45, 2.75) is 39.2 Å². The lowest BCUT2D eigenvalue weighted by molar-refractivity contribution is 0.0733. The Balaban J connectivity index is 2.59. The Morgan fingerprint density at radius 2 is 2.11 bits per heavy atom. The normalized spacial score (nSPS) is 12.9. The van der Waals surface area contributed by atoms with Gasteiger partial charge in [-0.05, 0) is 50.4 Å². The third kappa shape index (κ3) is 5.98. The molecule has 0 fully saturated rings. The van der Waals surface area contributed by atoms with Gasteiger partial charge in [0.05, 0.1) is 6.10 Å². The van der Waals surface area contributed by atoms with E-state index in [9.17, 15) is 0 Å². The van der Waals surface area contributed by atoms with Gasteiger partial charge in [0.1, 0.15) is 0 Å². The zero-order chi connectivity index (χ0) is 13.4. The minimum absolute atomic E-state index is 0.312. The second-order valence-corrected chi connectivity index (χ2v) is 5.68. The molecule has 0 aromatic heterocycles. The third-order valence-electron chi connectivity index (χ3n) is 2.88. The van der Waals surface area contributed by atoms with E-state index in [0.717, 1.165) is 30.6 Å². The number of likely N-dealkylation sites (N-methyl/N-ethyl adjacent to an activating group) is 1. The van der Waals surface area contributed by atoms with Crippen molar-refractivity contribution < 1.29 is 4.74 Å². The van der Waals surface area contributed by atoms with Crippen LogP contribution in [0.1, 0.15) is 38.7 Å². The second-order valence-electron chi connectivity index (χ2n) is 4.77. The highest BCUT2D eigenvalue weighted by Gasteiger charge is 2.11. The molecule has 0 radical (unpaired) electrons. The molecule has 0 heterocycles. The molecule has 3 heteroatoms. The molecule has 1 aromatic rings. The quantitative estimate of drug-likeness (QED) is 0.784. The largest absolute Gasteiger partial charge is 0.379 e. The van der Waals surface area contributed by atoms with Crippen LogP contribution in [0.15, 0.2) is 28.7 Å². The monoisotopic (exact) mass is 313 g/mol. The molecule has 0 spiro atoms. The van der Waals surface area contributed by atoms with Crippen LogP contribution in [0, 0.1) is 0 Å². The van der Waals surface area contributed by atoms with E-state index in [0.29, 0.717) is 12.0 Å². The van der Waals surface area contributed by atoms with Crippen molar-refractivity contribution in [2.75, 3.05) is 19.7 Å². The van der Waals surface area contributed by atoms with Crippen molar-refractivity contribution in [3.8, 4) is 0 Å². The van der Waals surface area contributed by atoms with Gasteiger partial charge in [0.25, 0.3) is 0 Å². The number of hydrogen-bond donors (Lipinski definition) is 1. The van der Waals surface area contributed by atoms with Crippen LogP contribution in [0.2, 0.25) is 0 Å². The molecule has 0 saturated carbocycles. The van der Waals surface area contributed by atoms with Crippen LogP contribution >= 0.6 is 15.9 Å². The highest BCUT2D eigenvalue weighted by atomic mass is 79.9. The van der Waals surface area contributed by atoms with Crippen molar-refractivity contribution in [2.24, 2.45) is 0 Å². The maximum absolute atomic E-state index is 5.66. The fourth-order valence-electron chi connectivity index (χ4n) is 1.91. The number of ether oxygens (including phenoxy) is 1. The Labute approximate surface area is 119 Å². The van der Waals surface area contributed by atoms with Crippen molar-refractivity contribution in [1.29, 1.82) is 0 Å². The lowest BCUT2D eigenvalue weighted by Gasteiger charge is -2.19. The standard InChI is InChI=1S/C15H24BrNO/c1-4-17-11-14(8-9-18-12(2)3)13-6-5-7-15(16)10-13/h5-7,10,12,14,17H,4,8-9,11H2,1-3H3. The van der Waals surface area contributed by atoms with E-state index < -0.39 is 0 Å². The predicted molar refractivity (Wildman–Crippen MR) is 81.1 cm³/mol. The van der Waals surface area contributed by atoms with Crippen LogP contribution in [0.4, 0.5) is 0 Å². The van der Waals surface area contributed by atoms with Crippen LogP contribution in [0.3, 0.4) is 0 Å². The van der Waals surface area contributed by atoms with Crippen LogP contribution < -0.4 is 5.32 Å². The Hall–Kier alpha value is -0.380. The first-order valence-corrected chi connectivity index (χ1v) is 7.50. The van der Waals surface area contributed by atoms with Gasteiger partial charge < -0.3 is 10.1 Å². The highest BCUT2D eigenvalue weighted by molar-refractivity contribution is 9.10. The summed E-state index contributed by atoms with van der Waals surface area (Å²) < 4.78 is 6.81. The van der Waals surface area contributed by atoms with Gasteiger partial charge in [0.2, 0.25) is 0 Å². The van der Waals surface area contributed by atoms with Gasteiger partial charge in [-0.15, -0.1) is 0 Å². The third-order valence-corrected chi connectivity index (χ3v) is 3.37. The first-order valence-electron chi connectivity index (χ1n) is 6.71. The summed E-state index contributed by atoms with van der Waals surface area (Å²) in [6, 6.07) is 8.57. The molecule has 2 nitrogen and oxygen atoms in total. The van der Waals surface area contributed by atoms with Gasteiger partial charge in [-0.1, -0.05) is 35.0 Å². The Bertz CT molecular complexity index is 341. The van der Waals surface area contributed by atoms with Crippen molar-refractivity contribution >= 4 is 15.9 Å². The molecule has 1 unspecified atom stereocenters. The molecule has 1 atom stereocenters. The van der Waals surface area contributed by atoms with Crippen molar-refractivity contribution in [3.63, 3.8) is 0 Å². The molecule has 1 N–H and O–H groups in total. The van der Waals surface area contributed by atoms with Crippen LogP contribution in [-0.4, -0.2) is 25.8 Å². The van der Waals surface area contributed by atoms with Crippen molar-refractivity contribution in [3.05, 3.63) is 34.3 Å². The predicted octanol–water partition coefficient (Wildman–Crippen LogP) is 3.96. The molecule has 18 heavy (non-hydrogen) atoms. The zero-order valence-corrected chi connectivity index (χ0v) is 13.2. The smallest absolute Gasteiger partial charge is 0.0518 e. The Kier molecular flexibility index (Phi) is 7.56. The molecule has 0 amide bonds. The molecule has 102 valence electrons. The van der Waals surface area contributed by atoms with Crippen LogP contribution in [-0.2, 0) is 4.74 Å². The van der Waals surface area contributed by atoms with E-state index in [1.54, 1.807) is 0 Å². The molecule has 0 aliphatic heterocycles. The zero-order valence-electron chi connectivity index (χ0n) is 11.6. The van der Waals surface area contributed by atoms with Gasteiger partial charge in [0, 0.05) is 17.6 Å². The molecular weight excluding hydrogens is 290 g/mol. The van der Waals surface area contributed by atoms with Crippen LogP contribution in [0.25, 0.3) is 0 Å². The highest BCUT2D eigenvalue weighted by Crippen LogP contribution is 2.22. The number of rotatable bonds is 8. The van der Waals surface area contributed by atoms with Gasteiger partial charge in [-0.25, -0.2) is 0 Å². The van der Waals surface area contributed by atoms with E-state index in [4.69, 9.17) is 4.74 Å². The van der Waals surface area contributed by atoms with Gasteiger partial charge in [-0.2, -0.15) is 0 Å². The van der Waals surface area contributed by atoms with E-state index in [1.807, 2.05) is 0 Å². The van der Waals surface area contributed by atoms with E-state index in [-0.39, 0.29) is 0 Å². The molecule has 0 aliphatic carbocycles. The summed E-state index contributed by atoms with van der Waals surface area (Å²) in [5.74, 6) is 0.515. The fraction of sp³-hybridized carbons (Fsp3) is 0.600. The lowest BCUT2D eigenvalue weighted by Crippen LogP contribution is -2.22. The maximum atomic E-state index is 5.66. The summed E-state index contributed by atoms with van der Waals surface area (Å²) in [7, 11) is 0. The van der Waals surface area contributed by atoms with E-state index >= 15 is 0 Å². The molecule has 0 saturated heterocycles. The first-order chi connectivity index (χ1) is 8.63. The molecule has 1 rings (SSSR count). The summed E-state index contributed by atoms with van der Waals surface area (Å²) in [6.07, 6.45) is 1.37. The van der Waals surface area contributed by atoms with Gasteiger partial charge in [-0.3, -0.25) is 0 Å². The fourth-order valence-corrected chi connectivity index (χ4v) is 2.33. The second kappa shape index (κ2) is 8.68. The number of benzene rings is 1.